The van der Waals surface area contributed by atoms with Crippen LogP contribution in [0.1, 0.15) is 0 Å². The molecule has 3 aromatic rings. The third kappa shape index (κ3) is 1.89. The topological polar surface area (TPSA) is 105 Å². The average Bonchev–Trinajstić information content (AvgIpc) is 2.42. The summed E-state index contributed by atoms with van der Waals surface area (Å²) in [5.41, 5.74) is 8.60. The number of phenols is 2. The van der Waals surface area contributed by atoms with Gasteiger partial charge in [-0.2, -0.15) is 0 Å². The van der Waals surface area contributed by atoms with Crippen molar-refractivity contribution in [3.63, 3.8) is 0 Å². The van der Waals surface area contributed by atoms with Crippen molar-refractivity contribution in [2.45, 2.75) is 0 Å². The number of rotatable bonds is 1. The SMILES string of the molecule is Nc1cncc2ncc(-c3ccc(O)c(O)c3)nc12. The van der Waals surface area contributed by atoms with Crippen molar-refractivity contribution < 1.29 is 10.2 Å². The first-order valence-corrected chi connectivity index (χ1v) is 5.54. The molecular formula is C13H10N4O2. The minimum Gasteiger partial charge on any atom is -0.504 e. The lowest BCUT2D eigenvalue weighted by atomic mass is 10.1. The fourth-order valence-corrected chi connectivity index (χ4v) is 1.78. The lowest BCUT2D eigenvalue weighted by Crippen LogP contribution is -1.95. The highest BCUT2D eigenvalue weighted by Gasteiger charge is 2.07. The summed E-state index contributed by atoms with van der Waals surface area (Å²) in [7, 11) is 0. The van der Waals surface area contributed by atoms with E-state index in [2.05, 4.69) is 15.0 Å². The van der Waals surface area contributed by atoms with Crippen LogP contribution in [0.4, 0.5) is 5.69 Å². The number of nitrogens with two attached hydrogens (primary N) is 1. The molecule has 0 spiro atoms. The van der Waals surface area contributed by atoms with Crippen molar-refractivity contribution in [1.82, 2.24) is 15.0 Å². The van der Waals surface area contributed by atoms with Crippen LogP contribution in [0, 0.1) is 0 Å². The molecule has 6 heteroatoms. The number of nitrogen functional groups attached to an aromatic ring is 1. The molecule has 0 radical (unpaired) electrons. The molecule has 0 aliphatic rings. The van der Waals surface area contributed by atoms with Crippen LogP contribution in [0.15, 0.2) is 36.8 Å². The first-order valence-electron chi connectivity index (χ1n) is 5.54. The molecule has 19 heavy (non-hydrogen) atoms. The van der Waals surface area contributed by atoms with E-state index in [4.69, 9.17) is 5.73 Å². The number of hydrogen-bond donors (Lipinski definition) is 3. The molecule has 3 rings (SSSR count). The molecule has 2 aromatic heterocycles. The van der Waals surface area contributed by atoms with Gasteiger partial charge in [0.2, 0.25) is 0 Å². The number of aromatic hydroxyl groups is 2. The zero-order valence-corrected chi connectivity index (χ0v) is 9.78. The Hall–Kier alpha value is -2.89. The summed E-state index contributed by atoms with van der Waals surface area (Å²) >= 11 is 0. The Balaban J connectivity index is 2.20. The number of hydrogen-bond acceptors (Lipinski definition) is 6. The molecule has 0 saturated heterocycles. The average molecular weight is 254 g/mol. The molecule has 6 nitrogen and oxygen atoms in total. The predicted octanol–water partition coefficient (Wildman–Crippen LogP) is 1.69. The van der Waals surface area contributed by atoms with Crippen LogP contribution in [-0.2, 0) is 0 Å². The first kappa shape index (κ1) is 11.2. The van der Waals surface area contributed by atoms with Gasteiger partial charge >= 0.3 is 0 Å². The van der Waals surface area contributed by atoms with E-state index in [1.807, 2.05) is 0 Å². The highest BCUT2D eigenvalue weighted by atomic mass is 16.3. The number of pyridine rings is 1. The van der Waals surface area contributed by atoms with E-state index in [1.54, 1.807) is 18.5 Å². The number of phenolic OH excluding ortho intramolecular Hbond substituents is 2. The second-order valence-electron chi connectivity index (χ2n) is 4.06. The molecule has 0 aliphatic carbocycles. The second-order valence-corrected chi connectivity index (χ2v) is 4.06. The van der Waals surface area contributed by atoms with Crippen LogP contribution in [0.5, 0.6) is 11.5 Å². The number of aromatic nitrogens is 3. The fourth-order valence-electron chi connectivity index (χ4n) is 1.78. The van der Waals surface area contributed by atoms with E-state index < -0.39 is 0 Å². The molecule has 0 fully saturated rings. The molecule has 4 N–H and O–H groups in total. The van der Waals surface area contributed by atoms with Gasteiger partial charge in [-0.1, -0.05) is 0 Å². The van der Waals surface area contributed by atoms with Crippen molar-refractivity contribution in [1.29, 1.82) is 0 Å². The van der Waals surface area contributed by atoms with Crippen LogP contribution >= 0.6 is 0 Å². The molecule has 2 heterocycles. The van der Waals surface area contributed by atoms with Gasteiger partial charge in [0, 0.05) is 5.56 Å². The third-order valence-corrected chi connectivity index (χ3v) is 2.76. The summed E-state index contributed by atoms with van der Waals surface area (Å²) in [6, 6.07) is 4.46. The fraction of sp³-hybridized carbons (Fsp3) is 0. The Morgan fingerprint density at radius 3 is 2.63 bits per heavy atom. The maximum atomic E-state index is 9.50. The summed E-state index contributed by atoms with van der Waals surface area (Å²) in [6.45, 7) is 0. The van der Waals surface area contributed by atoms with Crippen molar-refractivity contribution in [2.24, 2.45) is 0 Å². The van der Waals surface area contributed by atoms with Crippen LogP contribution in [-0.4, -0.2) is 25.2 Å². The summed E-state index contributed by atoms with van der Waals surface area (Å²) in [4.78, 5) is 12.6. The van der Waals surface area contributed by atoms with E-state index in [0.29, 0.717) is 28.0 Å². The Morgan fingerprint density at radius 2 is 1.84 bits per heavy atom. The Kier molecular flexibility index (Phi) is 2.42. The predicted molar refractivity (Wildman–Crippen MR) is 70.5 cm³/mol. The summed E-state index contributed by atoms with van der Waals surface area (Å²) in [5.74, 6) is -0.386. The molecule has 1 aromatic carbocycles. The zero-order chi connectivity index (χ0) is 13.4. The van der Waals surface area contributed by atoms with Gasteiger partial charge in [-0.3, -0.25) is 9.97 Å². The lowest BCUT2D eigenvalue weighted by Gasteiger charge is -2.05. The standard InChI is InChI=1S/C13H10N4O2/c14-8-4-15-5-10-13(8)17-9(6-16-10)7-1-2-11(18)12(19)3-7/h1-6,18-19H,14H2. The van der Waals surface area contributed by atoms with Crippen molar-refractivity contribution in [3.8, 4) is 22.8 Å². The van der Waals surface area contributed by atoms with Gasteiger partial charge in [0.1, 0.15) is 11.0 Å². The van der Waals surface area contributed by atoms with Crippen LogP contribution in [0.2, 0.25) is 0 Å². The van der Waals surface area contributed by atoms with Gasteiger partial charge in [-0.05, 0) is 18.2 Å². The highest BCUT2D eigenvalue weighted by Crippen LogP contribution is 2.30. The van der Waals surface area contributed by atoms with Crippen LogP contribution in [0.3, 0.4) is 0 Å². The molecular weight excluding hydrogens is 244 g/mol. The van der Waals surface area contributed by atoms with E-state index in [1.165, 1.54) is 18.3 Å². The highest BCUT2D eigenvalue weighted by molar-refractivity contribution is 5.86. The monoisotopic (exact) mass is 254 g/mol. The largest absolute Gasteiger partial charge is 0.504 e. The molecule has 0 amide bonds. The van der Waals surface area contributed by atoms with Gasteiger partial charge < -0.3 is 15.9 Å². The van der Waals surface area contributed by atoms with Gasteiger partial charge in [-0.15, -0.1) is 0 Å². The number of fused-ring (bicyclic) bond motifs is 1. The minimum atomic E-state index is -0.206. The zero-order valence-electron chi connectivity index (χ0n) is 9.78. The molecule has 0 bridgehead atoms. The quantitative estimate of drug-likeness (QED) is 0.570. The van der Waals surface area contributed by atoms with E-state index >= 15 is 0 Å². The molecule has 0 unspecified atom stereocenters. The third-order valence-electron chi connectivity index (χ3n) is 2.76. The molecule has 0 aliphatic heterocycles. The minimum absolute atomic E-state index is 0.179. The number of benzene rings is 1. The van der Waals surface area contributed by atoms with Gasteiger partial charge in [0.25, 0.3) is 0 Å². The van der Waals surface area contributed by atoms with Crippen LogP contribution in [0.25, 0.3) is 22.3 Å². The summed E-state index contributed by atoms with van der Waals surface area (Å²) < 4.78 is 0. The summed E-state index contributed by atoms with van der Waals surface area (Å²) in [6.07, 6.45) is 4.65. The van der Waals surface area contributed by atoms with Gasteiger partial charge in [0.05, 0.1) is 30.0 Å². The number of anilines is 1. The lowest BCUT2D eigenvalue weighted by molar-refractivity contribution is 0.404. The first-order chi connectivity index (χ1) is 9.15. The van der Waals surface area contributed by atoms with E-state index in [-0.39, 0.29) is 11.5 Å². The van der Waals surface area contributed by atoms with Crippen LogP contribution < -0.4 is 5.73 Å². The van der Waals surface area contributed by atoms with E-state index in [9.17, 15) is 10.2 Å². The smallest absolute Gasteiger partial charge is 0.158 e. The Labute approximate surface area is 108 Å². The maximum absolute atomic E-state index is 9.50. The Bertz CT molecular complexity index is 774. The van der Waals surface area contributed by atoms with Gasteiger partial charge in [0.15, 0.2) is 11.5 Å². The van der Waals surface area contributed by atoms with Crippen molar-refractivity contribution >= 4 is 16.7 Å². The molecule has 0 saturated carbocycles. The van der Waals surface area contributed by atoms with E-state index in [0.717, 1.165) is 0 Å². The van der Waals surface area contributed by atoms with Crippen molar-refractivity contribution in [3.05, 3.63) is 36.8 Å². The van der Waals surface area contributed by atoms with Crippen molar-refractivity contribution in [2.75, 3.05) is 5.73 Å². The second kappa shape index (κ2) is 4.09. The molecule has 94 valence electrons. The molecule has 0 atom stereocenters. The normalized spacial score (nSPS) is 10.7. The maximum Gasteiger partial charge on any atom is 0.158 e. The Morgan fingerprint density at radius 1 is 1.00 bits per heavy atom. The number of nitrogens with zero attached hydrogens (tertiary/aromatic N) is 3. The van der Waals surface area contributed by atoms with Gasteiger partial charge in [-0.25, -0.2) is 4.98 Å². The summed E-state index contributed by atoms with van der Waals surface area (Å²) in [5, 5.41) is 18.8.